The highest BCUT2D eigenvalue weighted by atomic mass is 16.3. The van der Waals surface area contributed by atoms with Gasteiger partial charge in [-0.3, -0.25) is 0 Å². The van der Waals surface area contributed by atoms with E-state index in [-0.39, 0.29) is 16.4 Å². The highest BCUT2D eigenvalue weighted by Gasteiger charge is 2.63. The van der Waals surface area contributed by atoms with Gasteiger partial charge in [-0.2, -0.15) is 0 Å². The summed E-state index contributed by atoms with van der Waals surface area (Å²) in [5.41, 5.74) is 0.113. The molecule has 0 heterocycles. The van der Waals surface area contributed by atoms with Gasteiger partial charge in [0.1, 0.15) is 0 Å². The molecule has 1 unspecified atom stereocenters. The fraction of sp³-hybridized carbons (Fsp3) is 0.789. The minimum atomic E-state index is -0.376. The van der Waals surface area contributed by atoms with Crippen LogP contribution in [0.4, 0.5) is 0 Å². The number of hydrogen-bond donors (Lipinski definition) is 1. The molecule has 0 radical (unpaired) electrons. The molecule has 4 aliphatic carbocycles. The van der Waals surface area contributed by atoms with Gasteiger partial charge in [-0.15, -0.1) is 0 Å². The monoisotopic (exact) mass is 272 g/mol. The lowest BCUT2D eigenvalue weighted by Gasteiger charge is -2.61. The predicted octanol–water partition coefficient (Wildman–Crippen LogP) is 4.48. The topological polar surface area (TPSA) is 20.2 Å². The summed E-state index contributed by atoms with van der Waals surface area (Å²) in [6, 6.07) is 0. The summed E-state index contributed by atoms with van der Waals surface area (Å²) in [4.78, 5) is 0. The van der Waals surface area contributed by atoms with E-state index in [1.807, 2.05) is 0 Å². The van der Waals surface area contributed by atoms with Crippen molar-refractivity contribution in [3.63, 3.8) is 0 Å². The third-order valence-corrected chi connectivity index (χ3v) is 7.73. The van der Waals surface area contributed by atoms with Crippen LogP contribution in [-0.4, -0.2) is 10.7 Å². The third-order valence-electron chi connectivity index (χ3n) is 7.73. The summed E-state index contributed by atoms with van der Waals surface area (Å²) in [5.74, 6) is 1.91. The minimum Gasteiger partial charge on any atom is -0.389 e. The Labute approximate surface area is 123 Å². The summed E-state index contributed by atoms with van der Waals surface area (Å²) in [7, 11) is 0. The SMILES string of the molecule is C[C@@]12CCC[C@]1(O)[C@@H]1CCC3C=CC=C[C@]3(C)[C@H]1CC2. The van der Waals surface area contributed by atoms with Crippen LogP contribution < -0.4 is 0 Å². The molecule has 0 aliphatic heterocycles. The quantitative estimate of drug-likeness (QED) is 0.689. The Kier molecular flexibility index (Phi) is 2.63. The van der Waals surface area contributed by atoms with Gasteiger partial charge in [0, 0.05) is 0 Å². The highest BCUT2D eigenvalue weighted by Crippen LogP contribution is 2.66. The summed E-state index contributed by atoms with van der Waals surface area (Å²) in [6.45, 7) is 4.82. The Morgan fingerprint density at radius 3 is 2.65 bits per heavy atom. The first-order valence-corrected chi connectivity index (χ1v) is 8.58. The van der Waals surface area contributed by atoms with E-state index in [4.69, 9.17) is 0 Å². The third kappa shape index (κ3) is 1.43. The average molecular weight is 272 g/mol. The normalized spacial score (nSPS) is 57.0. The lowest BCUT2D eigenvalue weighted by Crippen LogP contribution is -2.59. The van der Waals surface area contributed by atoms with E-state index >= 15 is 0 Å². The van der Waals surface area contributed by atoms with Crippen LogP contribution in [0, 0.1) is 28.6 Å². The predicted molar refractivity (Wildman–Crippen MR) is 82.2 cm³/mol. The van der Waals surface area contributed by atoms with E-state index in [0.717, 1.165) is 6.42 Å². The number of rotatable bonds is 0. The van der Waals surface area contributed by atoms with E-state index in [0.29, 0.717) is 17.8 Å². The maximum absolute atomic E-state index is 11.5. The van der Waals surface area contributed by atoms with Crippen molar-refractivity contribution in [1.29, 1.82) is 0 Å². The Hall–Kier alpha value is -0.560. The van der Waals surface area contributed by atoms with Gasteiger partial charge in [0.05, 0.1) is 5.60 Å². The van der Waals surface area contributed by atoms with Crippen molar-refractivity contribution in [3.8, 4) is 0 Å². The first-order valence-electron chi connectivity index (χ1n) is 8.58. The largest absolute Gasteiger partial charge is 0.389 e. The zero-order valence-electron chi connectivity index (χ0n) is 12.9. The van der Waals surface area contributed by atoms with Gasteiger partial charge < -0.3 is 5.11 Å². The van der Waals surface area contributed by atoms with Crippen molar-refractivity contribution in [3.05, 3.63) is 24.3 Å². The van der Waals surface area contributed by atoms with E-state index in [1.165, 1.54) is 38.5 Å². The summed E-state index contributed by atoms with van der Waals surface area (Å²) in [5, 5.41) is 11.5. The smallest absolute Gasteiger partial charge is 0.0732 e. The van der Waals surface area contributed by atoms with E-state index in [9.17, 15) is 5.11 Å². The summed E-state index contributed by atoms with van der Waals surface area (Å²) in [6.07, 6.45) is 17.9. The lowest BCUT2D eigenvalue weighted by atomic mass is 9.46. The summed E-state index contributed by atoms with van der Waals surface area (Å²) < 4.78 is 0. The maximum Gasteiger partial charge on any atom is 0.0732 e. The maximum atomic E-state index is 11.5. The van der Waals surface area contributed by atoms with Crippen molar-refractivity contribution in [2.24, 2.45) is 28.6 Å². The van der Waals surface area contributed by atoms with Crippen molar-refractivity contribution >= 4 is 0 Å². The lowest BCUT2D eigenvalue weighted by molar-refractivity contribution is -0.180. The van der Waals surface area contributed by atoms with Crippen LogP contribution in [0.3, 0.4) is 0 Å². The molecule has 110 valence electrons. The fourth-order valence-electron chi connectivity index (χ4n) is 6.39. The van der Waals surface area contributed by atoms with Gasteiger partial charge >= 0.3 is 0 Å². The molecule has 20 heavy (non-hydrogen) atoms. The van der Waals surface area contributed by atoms with Crippen LogP contribution in [0.5, 0.6) is 0 Å². The van der Waals surface area contributed by atoms with E-state index < -0.39 is 0 Å². The Bertz CT molecular complexity index is 478. The molecule has 3 saturated carbocycles. The van der Waals surface area contributed by atoms with Gasteiger partial charge in [0.25, 0.3) is 0 Å². The molecule has 0 aromatic heterocycles. The van der Waals surface area contributed by atoms with Crippen LogP contribution in [0.2, 0.25) is 0 Å². The molecular formula is C19H28O. The first kappa shape index (κ1) is 13.1. The Balaban J connectivity index is 1.74. The molecule has 0 aromatic carbocycles. The molecule has 4 rings (SSSR count). The van der Waals surface area contributed by atoms with Crippen LogP contribution in [-0.2, 0) is 0 Å². The van der Waals surface area contributed by atoms with Crippen LogP contribution in [0.15, 0.2) is 24.3 Å². The molecule has 4 aliphatic rings. The molecule has 0 bridgehead atoms. The van der Waals surface area contributed by atoms with Gasteiger partial charge in [-0.05, 0) is 73.5 Å². The van der Waals surface area contributed by atoms with Crippen LogP contribution >= 0.6 is 0 Å². The van der Waals surface area contributed by atoms with Gasteiger partial charge in [0.2, 0.25) is 0 Å². The van der Waals surface area contributed by atoms with Crippen molar-refractivity contribution < 1.29 is 5.11 Å². The number of hydrogen-bond acceptors (Lipinski definition) is 1. The molecular weight excluding hydrogens is 244 g/mol. The highest BCUT2D eigenvalue weighted by molar-refractivity contribution is 5.25. The van der Waals surface area contributed by atoms with E-state index in [2.05, 4.69) is 38.2 Å². The molecule has 0 saturated heterocycles. The molecule has 3 fully saturated rings. The van der Waals surface area contributed by atoms with Crippen LogP contribution in [0.25, 0.3) is 0 Å². The number of allylic oxidation sites excluding steroid dienone is 4. The van der Waals surface area contributed by atoms with Crippen molar-refractivity contribution in [2.45, 2.75) is 64.4 Å². The second-order valence-corrected chi connectivity index (χ2v) is 8.38. The zero-order chi connectivity index (χ0) is 14.0. The van der Waals surface area contributed by atoms with Crippen molar-refractivity contribution in [2.75, 3.05) is 0 Å². The molecule has 0 spiro atoms. The van der Waals surface area contributed by atoms with E-state index in [1.54, 1.807) is 0 Å². The first-order chi connectivity index (χ1) is 9.50. The molecule has 1 nitrogen and oxygen atoms in total. The molecule has 6 atom stereocenters. The average Bonchev–Trinajstić information content (AvgIpc) is 2.74. The minimum absolute atomic E-state index is 0.200. The molecule has 0 aromatic rings. The Morgan fingerprint density at radius 1 is 0.950 bits per heavy atom. The van der Waals surface area contributed by atoms with Gasteiger partial charge in [-0.1, -0.05) is 38.2 Å². The molecule has 1 heteroatoms. The second kappa shape index (κ2) is 4.00. The summed E-state index contributed by atoms with van der Waals surface area (Å²) >= 11 is 0. The fourth-order valence-corrected chi connectivity index (χ4v) is 6.39. The van der Waals surface area contributed by atoms with Gasteiger partial charge in [-0.25, -0.2) is 0 Å². The Morgan fingerprint density at radius 2 is 1.80 bits per heavy atom. The van der Waals surface area contributed by atoms with Crippen LogP contribution in [0.1, 0.15) is 58.8 Å². The number of aliphatic hydroxyl groups is 1. The standard InChI is InChI=1S/C19H28O/c1-17-10-5-12-19(17,20)16-8-7-14-6-3-4-11-18(14,2)15(16)9-13-17/h3-4,6,11,14-16,20H,5,7-10,12-13H2,1-2H3/t14?,15-,16+,17-,18-,19-/m0/s1. The number of fused-ring (bicyclic) bond motifs is 5. The van der Waals surface area contributed by atoms with Gasteiger partial charge in [0.15, 0.2) is 0 Å². The van der Waals surface area contributed by atoms with Crippen molar-refractivity contribution in [1.82, 2.24) is 0 Å². The second-order valence-electron chi connectivity index (χ2n) is 8.38. The molecule has 0 amide bonds. The zero-order valence-corrected chi connectivity index (χ0v) is 12.9. The molecule has 1 N–H and O–H groups in total.